The van der Waals surface area contributed by atoms with Crippen LogP contribution in [-0.2, 0) is 12.8 Å². The molecule has 2 N–H and O–H groups in total. The van der Waals surface area contributed by atoms with Gasteiger partial charge in [0, 0.05) is 24.1 Å². The van der Waals surface area contributed by atoms with Crippen molar-refractivity contribution in [3.05, 3.63) is 69.1 Å². The number of nitro groups is 1. The van der Waals surface area contributed by atoms with Gasteiger partial charge >= 0.3 is 5.69 Å². The lowest BCUT2D eigenvalue weighted by molar-refractivity contribution is -0.384. The minimum absolute atomic E-state index is 0.0349. The summed E-state index contributed by atoms with van der Waals surface area (Å²) >= 11 is 5.86. The van der Waals surface area contributed by atoms with Crippen molar-refractivity contribution in [3.8, 4) is 0 Å². The van der Waals surface area contributed by atoms with Crippen LogP contribution in [0.2, 0.25) is 5.15 Å². The summed E-state index contributed by atoms with van der Waals surface area (Å²) in [5, 5.41) is 12.4. The van der Waals surface area contributed by atoms with Crippen LogP contribution >= 0.6 is 11.6 Å². The van der Waals surface area contributed by atoms with Gasteiger partial charge in [-0.05, 0) is 30.2 Å². The third kappa shape index (κ3) is 3.22. The van der Waals surface area contributed by atoms with Crippen LogP contribution in [0, 0.1) is 10.1 Å². The molecule has 0 aliphatic rings. The van der Waals surface area contributed by atoms with Crippen LogP contribution in [0.4, 0.5) is 11.4 Å². The molecule has 0 unspecified atom stereocenters. The minimum atomic E-state index is -0.516. The van der Waals surface area contributed by atoms with Gasteiger partial charge < -0.3 is 5.73 Å². The number of nitrogens with two attached hydrogens (primary N) is 1. The van der Waals surface area contributed by atoms with E-state index in [0.29, 0.717) is 18.5 Å². The number of rotatable bonds is 4. The van der Waals surface area contributed by atoms with Gasteiger partial charge in [-0.25, -0.2) is 4.98 Å². The van der Waals surface area contributed by atoms with Crippen molar-refractivity contribution < 1.29 is 4.92 Å². The maximum atomic E-state index is 11.2. The van der Waals surface area contributed by atoms with Crippen LogP contribution in [0.5, 0.6) is 0 Å². The molecule has 23 heavy (non-hydrogen) atoms. The van der Waals surface area contributed by atoms with Crippen LogP contribution in [0.25, 0.3) is 10.9 Å². The largest absolute Gasteiger partial charge is 0.393 e. The van der Waals surface area contributed by atoms with E-state index in [2.05, 4.69) is 9.97 Å². The molecule has 0 amide bonds. The Kier molecular flexibility index (Phi) is 4.08. The molecule has 0 fully saturated rings. The molecule has 0 radical (unpaired) electrons. The predicted molar refractivity (Wildman–Crippen MR) is 89.5 cm³/mol. The molecule has 2 aromatic heterocycles. The second kappa shape index (κ2) is 6.18. The third-order valence-corrected chi connectivity index (χ3v) is 3.76. The molecular formula is C16H13ClN4O2. The molecule has 116 valence electrons. The Hall–Kier alpha value is -2.73. The van der Waals surface area contributed by atoms with E-state index in [-0.39, 0.29) is 16.5 Å². The number of halogens is 1. The highest BCUT2D eigenvalue weighted by molar-refractivity contribution is 6.29. The maximum Gasteiger partial charge on any atom is 0.313 e. The average Bonchev–Trinajstić information content (AvgIpc) is 2.51. The van der Waals surface area contributed by atoms with Gasteiger partial charge in [-0.3, -0.25) is 15.1 Å². The first-order valence-electron chi connectivity index (χ1n) is 6.97. The summed E-state index contributed by atoms with van der Waals surface area (Å²) in [5.74, 6) is 0. The number of aromatic nitrogens is 2. The Balaban J connectivity index is 1.88. The number of hydrogen-bond donors (Lipinski definition) is 1. The van der Waals surface area contributed by atoms with E-state index in [1.54, 1.807) is 6.20 Å². The van der Waals surface area contributed by atoms with Crippen molar-refractivity contribution in [2.45, 2.75) is 12.8 Å². The fourth-order valence-corrected chi connectivity index (χ4v) is 2.73. The molecule has 3 aromatic rings. The molecule has 6 nitrogen and oxygen atoms in total. The summed E-state index contributed by atoms with van der Waals surface area (Å²) in [7, 11) is 0. The van der Waals surface area contributed by atoms with E-state index in [4.69, 9.17) is 17.3 Å². The highest BCUT2D eigenvalue weighted by Crippen LogP contribution is 2.28. The maximum absolute atomic E-state index is 11.2. The normalized spacial score (nSPS) is 10.8. The van der Waals surface area contributed by atoms with Crippen molar-refractivity contribution >= 4 is 33.9 Å². The molecule has 0 aliphatic heterocycles. The van der Waals surface area contributed by atoms with E-state index in [1.807, 2.05) is 30.3 Å². The molecule has 3 rings (SSSR count). The first-order valence-corrected chi connectivity index (χ1v) is 7.35. The van der Waals surface area contributed by atoms with Crippen LogP contribution in [0.3, 0.4) is 0 Å². The van der Waals surface area contributed by atoms with E-state index < -0.39 is 4.92 Å². The van der Waals surface area contributed by atoms with Gasteiger partial charge in [-0.1, -0.05) is 23.7 Å². The zero-order valence-electron chi connectivity index (χ0n) is 12.1. The number of pyridine rings is 2. The van der Waals surface area contributed by atoms with Crippen LogP contribution < -0.4 is 5.73 Å². The molecule has 0 spiro atoms. The first-order chi connectivity index (χ1) is 11.0. The lowest BCUT2D eigenvalue weighted by Gasteiger charge is -2.06. The average molecular weight is 329 g/mol. The van der Waals surface area contributed by atoms with Gasteiger partial charge in [0.25, 0.3) is 0 Å². The molecular weight excluding hydrogens is 316 g/mol. The number of nitrogen functional groups attached to an aromatic ring is 1. The fraction of sp³-hybridized carbons (Fsp3) is 0.125. The lowest BCUT2D eigenvalue weighted by Crippen LogP contribution is -2.05. The molecule has 0 aliphatic carbocycles. The Morgan fingerprint density at radius 3 is 2.83 bits per heavy atom. The second-order valence-electron chi connectivity index (χ2n) is 5.12. The minimum Gasteiger partial charge on any atom is -0.393 e. The quantitative estimate of drug-likeness (QED) is 0.449. The van der Waals surface area contributed by atoms with Crippen LogP contribution in [-0.4, -0.2) is 14.9 Å². The van der Waals surface area contributed by atoms with Gasteiger partial charge in [0.1, 0.15) is 16.5 Å². The van der Waals surface area contributed by atoms with Crippen LogP contribution in [0.15, 0.2) is 42.6 Å². The number of nitrogens with zero attached hydrogens (tertiary/aromatic N) is 3. The van der Waals surface area contributed by atoms with Crippen LogP contribution in [0.1, 0.15) is 11.3 Å². The number of anilines is 1. The Labute approximate surface area is 137 Å². The van der Waals surface area contributed by atoms with E-state index in [0.717, 1.165) is 16.5 Å². The summed E-state index contributed by atoms with van der Waals surface area (Å²) in [6.45, 7) is 0. The highest BCUT2D eigenvalue weighted by atomic mass is 35.5. The van der Waals surface area contributed by atoms with Crippen molar-refractivity contribution in [2.75, 3.05) is 5.73 Å². The monoisotopic (exact) mass is 328 g/mol. The van der Waals surface area contributed by atoms with Gasteiger partial charge in [0.15, 0.2) is 0 Å². The van der Waals surface area contributed by atoms with Gasteiger partial charge in [0.05, 0.1) is 10.4 Å². The molecule has 7 heteroatoms. The highest BCUT2D eigenvalue weighted by Gasteiger charge is 2.20. The topological polar surface area (TPSA) is 94.9 Å². The van der Waals surface area contributed by atoms with Gasteiger partial charge in [-0.15, -0.1) is 0 Å². The van der Waals surface area contributed by atoms with E-state index >= 15 is 0 Å². The van der Waals surface area contributed by atoms with Gasteiger partial charge in [0.2, 0.25) is 0 Å². The summed E-state index contributed by atoms with van der Waals surface area (Å²) in [6, 6.07) is 11.0. The van der Waals surface area contributed by atoms with E-state index in [1.165, 1.54) is 6.07 Å². The molecule has 0 saturated carbocycles. The van der Waals surface area contributed by atoms with Crippen molar-refractivity contribution in [3.63, 3.8) is 0 Å². The summed E-state index contributed by atoms with van der Waals surface area (Å²) in [6.07, 6.45) is 2.72. The molecule has 0 saturated heterocycles. The number of hydrogen-bond acceptors (Lipinski definition) is 5. The molecule has 0 bridgehead atoms. The molecule has 2 heterocycles. The van der Waals surface area contributed by atoms with Crippen molar-refractivity contribution in [2.24, 2.45) is 0 Å². The third-order valence-electron chi connectivity index (χ3n) is 3.56. The first kappa shape index (κ1) is 15.2. The number of fused-ring (bicyclic) bond motifs is 1. The SMILES string of the molecule is Nc1cc(Cl)nc(CCc2ccc3ncccc3c2)c1[N+](=O)[O-]. The Bertz CT molecular complexity index is 898. The predicted octanol–water partition coefficient (Wildman–Crippen LogP) is 3.56. The number of aryl methyl sites for hydroxylation is 2. The fourth-order valence-electron chi connectivity index (χ4n) is 2.51. The summed E-state index contributed by atoms with van der Waals surface area (Å²) in [4.78, 5) is 19.0. The molecule has 0 atom stereocenters. The van der Waals surface area contributed by atoms with Crippen molar-refractivity contribution in [1.82, 2.24) is 9.97 Å². The van der Waals surface area contributed by atoms with E-state index in [9.17, 15) is 10.1 Å². The summed E-state index contributed by atoms with van der Waals surface area (Å²) < 4.78 is 0. The smallest absolute Gasteiger partial charge is 0.313 e. The summed E-state index contributed by atoms with van der Waals surface area (Å²) in [5.41, 5.74) is 7.81. The van der Waals surface area contributed by atoms with Gasteiger partial charge in [-0.2, -0.15) is 0 Å². The number of benzene rings is 1. The standard InChI is InChI=1S/C16H13ClN4O2/c17-15-9-12(18)16(21(22)23)14(20-15)6-4-10-3-5-13-11(8-10)2-1-7-19-13/h1-3,5,7-9H,4,6H2,(H2,18,20). The van der Waals surface area contributed by atoms with Crippen molar-refractivity contribution in [1.29, 1.82) is 0 Å². The Morgan fingerprint density at radius 1 is 1.22 bits per heavy atom. The molecule has 1 aromatic carbocycles. The second-order valence-corrected chi connectivity index (χ2v) is 5.50. The Morgan fingerprint density at radius 2 is 2.04 bits per heavy atom. The lowest BCUT2D eigenvalue weighted by atomic mass is 10.0. The zero-order valence-corrected chi connectivity index (χ0v) is 12.8. The zero-order chi connectivity index (χ0) is 16.4.